The highest BCUT2D eigenvalue weighted by Gasteiger charge is 2.33. The topological polar surface area (TPSA) is 139 Å². The molecule has 1 aliphatic heterocycles. The smallest absolute Gasteiger partial charge is 0.268 e. The predicted octanol–water partition coefficient (Wildman–Crippen LogP) is 3.12. The van der Waals surface area contributed by atoms with Crippen molar-refractivity contribution in [2.24, 2.45) is 11.8 Å². The zero-order chi connectivity index (χ0) is 29.5. The van der Waals surface area contributed by atoms with Crippen molar-refractivity contribution in [3.63, 3.8) is 0 Å². The first-order valence-corrected chi connectivity index (χ1v) is 13.6. The summed E-state index contributed by atoms with van der Waals surface area (Å²) in [5, 5.41) is 8.97. The number of fused-ring (bicyclic) bond motifs is 1. The minimum Gasteiger partial charge on any atom is -0.496 e. The molecule has 41 heavy (non-hydrogen) atoms. The third-order valence-corrected chi connectivity index (χ3v) is 7.01. The summed E-state index contributed by atoms with van der Waals surface area (Å²) in [5.41, 5.74) is 0.953. The number of benzene rings is 2. The van der Waals surface area contributed by atoms with Crippen molar-refractivity contribution >= 4 is 34.4 Å². The predicted molar refractivity (Wildman–Crippen MR) is 150 cm³/mol. The summed E-state index contributed by atoms with van der Waals surface area (Å²) in [6.45, 7) is 3.80. The molecule has 10 nitrogen and oxygen atoms in total. The number of hydrogen-bond donors (Lipinski definition) is 4. The highest BCUT2D eigenvalue weighted by Crippen LogP contribution is 2.26. The molecule has 2 aromatic carbocycles. The van der Waals surface area contributed by atoms with Gasteiger partial charge in [-0.05, 0) is 55.5 Å². The van der Waals surface area contributed by atoms with Gasteiger partial charge in [-0.25, -0.2) is 4.39 Å². The maximum atomic E-state index is 14.0. The summed E-state index contributed by atoms with van der Waals surface area (Å²) >= 11 is 0. The van der Waals surface area contributed by atoms with Gasteiger partial charge in [0.25, 0.3) is 5.91 Å². The lowest BCUT2D eigenvalue weighted by Gasteiger charge is -2.25. The highest BCUT2D eigenvalue weighted by molar-refractivity contribution is 6.02. The highest BCUT2D eigenvalue weighted by atomic mass is 19.1. The third-order valence-electron chi connectivity index (χ3n) is 7.01. The second kappa shape index (κ2) is 13.3. The number of carbonyl (C=O) groups is 4. The van der Waals surface area contributed by atoms with Crippen molar-refractivity contribution in [2.45, 2.75) is 45.2 Å². The van der Waals surface area contributed by atoms with Crippen LogP contribution in [0.1, 0.15) is 43.6 Å². The van der Waals surface area contributed by atoms with E-state index in [0.29, 0.717) is 30.7 Å². The van der Waals surface area contributed by atoms with Gasteiger partial charge in [0.2, 0.25) is 11.8 Å². The second-order valence-corrected chi connectivity index (χ2v) is 10.5. The molecule has 0 radical (unpaired) electrons. The quantitative estimate of drug-likeness (QED) is 0.251. The Labute approximate surface area is 237 Å². The van der Waals surface area contributed by atoms with Gasteiger partial charge in [-0.15, -0.1) is 0 Å². The van der Waals surface area contributed by atoms with E-state index in [2.05, 4.69) is 20.9 Å². The number of carbonyl (C=O) groups excluding carboxylic acids is 4. The molecule has 11 heteroatoms. The second-order valence-electron chi connectivity index (χ2n) is 10.5. The number of rotatable bonds is 13. The lowest BCUT2D eigenvalue weighted by Crippen LogP contribution is -2.53. The molecule has 1 fully saturated rings. The normalized spacial score (nSPS) is 16.2. The van der Waals surface area contributed by atoms with E-state index in [4.69, 9.17) is 9.47 Å². The van der Waals surface area contributed by atoms with E-state index in [9.17, 15) is 23.6 Å². The molecule has 0 spiro atoms. The van der Waals surface area contributed by atoms with Gasteiger partial charge in [-0.2, -0.15) is 0 Å². The average molecular weight is 567 g/mol. The summed E-state index contributed by atoms with van der Waals surface area (Å²) < 4.78 is 24.8. The Morgan fingerprint density at radius 3 is 2.49 bits per heavy atom. The first-order valence-electron chi connectivity index (χ1n) is 13.6. The molecule has 3 amide bonds. The van der Waals surface area contributed by atoms with E-state index in [1.165, 1.54) is 18.2 Å². The van der Waals surface area contributed by atoms with Crippen LogP contribution in [0, 0.1) is 17.7 Å². The first-order chi connectivity index (χ1) is 19.7. The van der Waals surface area contributed by atoms with Crippen molar-refractivity contribution < 1.29 is 33.0 Å². The van der Waals surface area contributed by atoms with Gasteiger partial charge in [0.15, 0.2) is 17.3 Å². The zero-order valence-corrected chi connectivity index (χ0v) is 23.3. The van der Waals surface area contributed by atoms with Crippen LogP contribution in [0.4, 0.5) is 4.39 Å². The van der Waals surface area contributed by atoms with Crippen LogP contribution in [0.5, 0.6) is 11.5 Å². The van der Waals surface area contributed by atoms with E-state index < -0.39 is 48.0 Å². The van der Waals surface area contributed by atoms with Crippen LogP contribution in [-0.2, 0) is 14.4 Å². The SMILES string of the molecule is COc1cccc2[nH]c(C(=O)N[C@@H](CC(C)C)C(=O)NC(C[C@@H]3CCNC3=O)C(=O)COc3ccccc3F)cc12. The molecule has 3 aromatic rings. The minimum atomic E-state index is -1.08. The number of halogens is 1. The van der Waals surface area contributed by atoms with Gasteiger partial charge >= 0.3 is 0 Å². The fraction of sp³-hybridized carbons (Fsp3) is 0.400. The molecular formula is C30H35FN4O6. The molecule has 4 N–H and O–H groups in total. The maximum Gasteiger partial charge on any atom is 0.268 e. The largest absolute Gasteiger partial charge is 0.496 e. The van der Waals surface area contributed by atoms with Gasteiger partial charge in [0, 0.05) is 23.4 Å². The van der Waals surface area contributed by atoms with E-state index in [-0.39, 0.29) is 29.7 Å². The average Bonchev–Trinajstić information content (AvgIpc) is 3.57. The van der Waals surface area contributed by atoms with Crippen LogP contribution in [-0.4, -0.2) is 60.8 Å². The van der Waals surface area contributed by atoms with Crippen LogP contribution in [0.15, 0.2) is 48.5 Å². The van der Waals surface area contributed by atoms with E-state index in [1.54, 1.807) is 31.4 Å². The van der Waals surface area contributed by atoms with E-state index in [0.717, 1.165) is 5.39 Å². The molecule has 218 valence electrons. The Hall–Kier alpha value is -4.41. The Morgan fingerprint density at radius 1 is 1.05 bits per heavy atom. The Balaban J connectivity index is 1.50. The molecule has 1 aliphatic rings. The number of para-hydroxylation sites is 1. The molecule has 1 saturated heterocycles. The number of aromatic nitrogens is 1. The lowest BCUT2D eigenvalue weighted by atomic mass is 9.95. The van der Waals surface area contributed by atoms with Crippen molar-refractivity contribution in [1.82, 2.24) is 20.9 Å². The molecular weight excluding hydrogens is 531 g/mol. The third kappa shape index (κ3) is 7.41. The van der Waals surface area contributed by atoms with Crippen LogP contribution >= 0.6 is 0 Å². The van der Waals surface area contributed by atoms with Gasteiger partial charge in [-0.1, -0.05) is 32.0 Å². The Kier molecular flexibility index (Phi) is 9.59. The summed E-state index contributed by atoms with van der Waals surface area (Å²) in [7, 11) is 1.54. The molecule has 2 heterocycles. The first kappa shape index (κ1) is 29.6. The molecule has 0 saturated carbocycles. The summed E-state index contributed by atoms with van der Waals surface area (Å²) in [6, 6.07) is 10.7. The Morgan fingerprint density at radius 2 is 1.80 bits per heavy atom. The van der Waals surface area contributed by atoms with Gasteiger partial charge in [0.1, 0.15) is 24.1 Å². The number of hydrogen-bond acceptors (Lipinski definition) is 6. The van der Waals surface area contributed by atoms with E-state index >= 15 is 0 Å². The van der Waals surface area contributed by atoms with Crippen LogP contribution in [0.25, 0.3) is 10.9 Å². The van der Waals surface area contributed by atoms with E-state index in [1.807, 2.05) is 19.9 Å². The monoisotopic (exact) mass is 566 g/mol. The van der Waals surface area contributed by atoms with Crippen LogP contribution < -0.4 is 25.4 Å². The van der Waals surface area contributed by atoms with Crippen LogP contribution in [0.2, 0.25) is 0 Å². The standard InChI is InChI=1S/C30H35FN4O6/c1-17(2)13-23(35-30(39)24-15-19-21(33-24)8-6-10-26(19)40-3)29(38)34-22(14-18-11-12-32-28(18)37)25(36)16-41-27-9-5-4-7-20(27)31/h4-10,15,17-18,22-23,33H,11-14,16H2,1-3H3,(H,32,37)(H,34,38)(H,35,39)/t18-,22?,23-/m0/s1. The van der Waals surface area contributed by atoms with Crippen molar-refractivity contribution in [2.75, 3.05) is 20.3 Å². The fourth-order valence-electron chi connectivity index (χ4n) is 4.88. The molecule has 0 aliphatic carbocycles. The number of nitrogens with one attached hydrogen (secondary N) is 4. The fourth-order valence-corrected chi connectivity index (χ4v) is 4.88. The maximum absolute atomic E-state index is 14.0. The molecule has 1 aromatic heterocycles. The molecule has 4 rings (SSSR count). The zero-order valence-electron chi connectivity index (χ0n) is 23.3. The molecule has 0 bridgehead atoms. The molecule has 1 unspecified atom stereocenters. The lowest BCUT2D eigenvalue weighted by molar-refractivity contribution is -0.131. The number of ketones is 1. The minimum absolute atomic E-state index is 0.0352. The van der Waals surface area contributed by atoms with Crippen LogP contribution in [0.3, 0.4) is 0 Å². The number of aromatic amines is 1. The van der Waals surface area contributed by atoms with Gasteiger partial charge in [-0.3, -0.25) is 19.2 Å². The van der Waals surface area contributed by atoms with Crippen molar-refractivity contribution in [3.05, 3.63) is 60.0 Å². The van der Waals surface area contributed by atoms with Crippen molar-refractivity contribution in [1.29, 1.82) is 0 Å². The van der Waals surface area contributed by atoms with Gasteiger partial charge in [0.05, 0.1) is 13.2 Å². The Bertz CT molecular complexity index is 1420. The number of amides is 3. The van der Waals surface area contributed by atoms with Crippen molar-refractivity contribution in [3.8, 4) is 11.5 Å². The number of ether oxygens (including phenoxy) is 2. The number of H-pyrrole nitrogens is 1. The number of methoxy groups -OCH3 is 1. The molecule has 3 atom stereocenters. The summed E-state index contributed by atoms with van der Waals surface area (Å²) in [6.07, 6.45) is 0.877. The van der Waals surface area contributed by atoms with Gasteiger partial charge < -0.3 is 30.4 Å². The summed E-state index contributed by atoms with van der Waals surface area (Å²) in [5.74, 6) is -2.33. The number of Topliss-reactive ketones (excluding diaryl/α,β-unsaturated/α-hetero) is 1. The summed E-state index contributed by atoms with van der Waals surface area (Å²) in [4.78, 5) is 55.2.